The molecule has 4 aromatic carbocycles. The summed E-state index contributed by atoms with van der Waals surface area (Å²) in [5, 5.41) is 13.0. The van der Waals surface area contributed by atoms with Gasteiger partial charge in [0, 0.05) is 11.8 Å². The van der Waals surface area contributed by atoms with E-state index in [0.29, 0.717) is 22.1 Å². The molecule has 202 valence electrons. The second-order valence-corrected chi connectivity index (χ2v) is 8.71. The highest BCUT2D eigenvalue weighted by molar-refractivity contribution is 6.04. The number of amides is 1. The van der Waals surface area contributed by atoms with Gasteiger partial charge in [-0.3, -0.25) is 4.79 Å². The normalized spacial score (nSPS) is 12.1. The van der Waals surface area contributed by atoms with E-state index in [9.17, 15) is 32.3 Å². The van der Waals surface area contributed by atoms with Gasteiger partial charge < -0.3 is 19.9 Å². The average molecular weight is 541 g/mol. The van der Waals surface area contributed by atoms with E-state index in [1.807, 2.05) is 0 Å². The van der Waals surface area contributed by atoms with E-state index in [0.717, 1.165) is 17.7 Å². The van der Waals surface area contributed by atoms with Crippen molar-refractivity contribution in [3.63, 3.8) is 0 Å². The maximum Gasteiger partial charge on any atom is 0.416 e. The average Bonchev–Trinajstić information content (AvgIpc) is 2.91. The zero-order chi connectivity index (χ0) is 28.2. The number of carbonyl (C=O) groups excluding carboxylic acids is 1. The van der Waals surface area contributed by atoms with Crippen LogP contribution in [0, 0.1) is 5.82 Å². The summed E-state index contributed by atoms with van der Waals surface area (Å²) in [6.07, 6.45) is -4.78. The number of hydrogen-bond donors (Lipinski definition) is 2. The molecule has 0 fully saturated rings. The van der Waals surface area contributed by atoms with Gasteiger partial charge in [-0.1, -0.05) is 30.3 Å². The van der Waals surface area contributed by atoms with Gasteiger partial charge in [0.25, 0.3) is 5.91 Å². The summed E-state index contributed by atoms with van der Waals surface area (Å²) in [6, 6.07) is 16.5. The lowest BCUT2D eigenvalue weighted by atomic mass is 10.0. The molecule has 0 aromatic heterocycles. The van der Waals surface area contributed by atoms with Crippen molar-refractivity contribution in [3.8, 4) is 11.5 Å². The molecule has 10 heteroatoms. The number of fused-ring (bicyclic) bond motifs is 1. The summed E-state index contributed by atoms with van der Waals surface area (Å²) in [6.45, 7) is 0.0503. The Morgan fingerprint density at radius 3 is 2.21 bits per heavy atom. The Hall–Kier alpha value is -4.60. The lowest BCUT2D eigenvalue weighted by molar-refractivity contribution is -0.139. The first-order valence-electron chi connectivity index (χ1n) is 11.7. The first kappa shape index (κ1) is 27.4. The zero-order valence-electron chi connectivity index (χ0n) is 20.6. The Morgan fingerprint density at radius 2 is 1.59 bits per heavy atom. The van der Waals surface area contributed by atoms with Crippen molar-refractivity contribution in [1.29, 1.82) is 0 Å². The predicted octanol–water partition coefficient (Wildman–Crippen LogP) is 6.01. The van der Waals surface area contributed by atoms with Gasteiger partial charge in [0.2, 0.25) is 0 Å². The third-order valence-corrected chi connectivity index (χ3v) is 6.04. The van der Waals surface area contributed by atoms with Gasteiger partial charge in [0.1, 0.15) is 30.0 Å². The molecule has 2 N–H and O–H groups in total. The minimum Gasteiger partial charge on any atom is -0.497 e. The summed E-state index contributed by atoms with van der Waals surface area (Å²) >= 11 is 0. The molecule has 1 atom stereocenters. The third-order valence-electron chi connectivity index (χ3n) is 6.04. The Morgan fingerprint density at radius 1 is 0.923 bits per heavy atom. The number of nitrogens with one attached hydrogen (secondary N) is 1. The molecule has 1 amide bonds. The largest absolute Gasteiger partial charge is 0.497 e. The number of hydrogen-bond acceptors (Lipinski definition) is 4. The number of benzene rings is 4. The molecule has 0 aliphatic heterocycles. The highest BCUT2D eigenvalue weighted by Gasteiger charge is 2.30. The van der Waals surface area contributed by atoms with Crippen LogP contribution in [0.15, 0.2) is 78.9 Å². The molecule has 0 aliphatic rings. The van der Waals surface area contributed by atoms with Crippen LogP contribution in [0.2, 0.25) is 0 Å². The number of carboxylic acids is 1. The SMILES string of the molecule is COc1ccc(COc2c(C(=O)N[C@@H](Cc3ccc(C(F)(F)F)cc3)C(=O)O)ccc3cc(F)ccc23)cc1. The molecule has 0 bridgehead atoms. The molecule has 39 heavy (non-hydrogen) atoms. The standard InChI is InChI=1S/C29H23F4NO5/c1-38-22-10-4-18(5-11-22)16-39-26-23-13-9-21(30)15-19(23)6-12-24(26)27(35)34-25(28(36)37)14-17-2-7-20(8-3-17)29(31,32)33/h2-13,15,25H,14,16H2,1H3,(H,34,35)(H,36,37)/t25-/m0/s1. The van der Waals surface area contributed by atoms with Crippen molar-refractivity contribution in [2.75, 3.05) is 7.11 Å². The summed E-state index contributed by atoms with van der Waals surface area (Å²) < 4.78 is 63.6. The Kier molecular flexibility index (Phi) is 8.04. The molecule has 6 nitrogen and oxygen atoms in total. The highest BCUT2D eigenvalue weighted by atomic mass is 19.4. The number of carboxylic acid groups (broad SMARTS) is 1. The number of methoxy groups -OCH3 is 1. The Bertz CT molecular complexity index is 1490. The van der Waals surface area contributed by atoms with Gasteiger partial charge in [-0.15, -0.1) is 0 Å². The van der Waals surface area contributed by atoms with Crippen molar-refractivity contribution in [3.05, 3.63) is 107 Å². The summed E-state index contributed by atoms with van der Waals surface area (Å²) in [5.74, 6) is -1.85. The van der Waals surface area contributed by atoms with E-state index in [1.54, 1.807) is 24.3 Å². The molecule has 0 saturated heterocycles. The van der Waals surface area contributed by atoms with Crippen LogP contribution in [-0.2, 0) is 24.0 Å². The zero-order valence-corrected chi connectivity index (χ0v) is 20.6. The highest BCUT2D eigenvalue weighted by Crippen LogP contribution is 2.32. The number of aliphatic carboxylic acids is 1. The molecule has 0 radical (unpaired) electrons. The molecule has 0 unspecified atom stereocenters. The smallest absolute Gasteiger partial charge is 0.416 e. The summed E-state index contributed by atoms with van der Waals surface area (Å²) in [5.41, 5.74) is 0.197. The molecule has 0 aliphatic carbocycles. The topological polar surface area (TPSA) is 84.9 Å². The fourth-order valence-corrected chi connectivity index (χ4v) is 3.99. The van der Waals surface area contributed by atoms with E-state index in [4.69, 9.17) is 9.47 Å². The second-order valence-electron chi connectivity index (χ2n) is 8.71. The van der Waals surface area contributed by atoms with Gasteiger partial charge in [0.05, 0.1) is 18.2 Å². The van der Waals surface area contributed by atoms with Crippen LogP contribution in [0.5, 0.6) is 11.5 Å². The van der Waals surface area contributed by atoms with E-state index in [1.165, 1.54) is 49.6 Å². The first-order chi connectivity index (χ1) is 18.5. The van der Waals surface area contributed by atoms with Crippen LogP contribution >= 0.6 is 0 Å². The fourth-order valence-electron chi connectivity index (χ4n) is 3.99. The fraction of sp³-hybridized carbons (Fsp3) is 0.172. The maximum absolute atomic E-state index is 13.8. The second kappa shape index (κ2) is 11.4. The Balaban J connectivity index is 1.60. The van der Waals surface area contributed by atoms with Crippen molar-refractivity contribution in [1.82, 2.24) is 5.32 Å². The third kappa shape index (κ3) is 6.64. The van der Waals surface area contributed by atoms with Crippen LogP contribution in [0.3, 0.4) is 0 Å². The maximum atomic E-state index is 13.8. The molecule has 4 aromatic rings. The number of carbonyl (C=O) groups is 2. The molecular formula is C29H23F4NO5. The van der Waals surface area contributed by atoms with Crippen molar-refractivity contribution in [2.24, 2.45) is 0 Å². The quantitative estimate of drug-likeness (QED) is 0.254. The van der Waals surface area contributed by atoms with E-state index in [-0.39, 0.29) is 24.3 Å². The molecular weight excluding hydrogens is 518 g/mol. The molecule has 0 heterocycles. The van der Waals surface area contributed by atoms with Gasteiger partial charge in [-0.25, -0.2) is 9.18 Å². The van der Waals surface area contributed by atoms with Crippen molar-refractivity contribution >= 4 is 22.6 Å². The van der Waals surface area contributed by atoms with Crippen LogP contribution in [-0.4, -0.2) is 30.1 Å². The van der Waals surface area contributed by atoms with E-state index >= 15 is 0 Å². The minimum absolute atomic E-state index is 0.0151. The molecule has 0 saturated carbocycles. The number of ether oxygens (including phenoxy) is 2. The lowest BCUT2D eigenvalue weighted by Gasteiger charge is -2.18. The van der Waals surface area contributed by atoms with E-state index < -0.39 is 35.5 Å². The van der Waals surface area contributed by atoms with Gasteiger partial charge in [-0.05, 0) is 65.0 Å². The van der Waals surface area contributed by atoms with Crippen LogP contribution in [0.4, 0.5) is 17.6 Å². The van der Waals surface area contributed by atoms with Crippen molar-refractivity contribution in [2.45, 2.75) is 25.2 Å². The first-order valence-corrected chi connectivity index (χ1v) is 11.7. The van der Waals surface area contributed by atoms with Gasteiger partial charge in [-0.2, -0.15) is 13.2 Å². The molecule has 0 spiro atoms. The number of alkyl halides is 3. The van der Waals surface area contributed by atoms with Gasteiger partial charge >= 0.3 is 12.1 Å². The number of halogens is 4. The monoisotopic (exact) mass is 541 g/mol. The van der Waals surface area contributed by atoms with Crippen LogP contribution in [0.25, 0.3) is 10.8 Å². The lowest BCUT2D eigenvalue weighted by Crippen LogP contribution is -2.42. The Labute approximate surface area is 220 Å². The summed E-state index contributed by atoms with van der Waals surface area (Å²) in [7, 11) is 1.54. The van der Waals surface area contributed by atoms with E-state index in [2.05, 4.69) is 5.32 Å². The van der Waals surface area contributed by atoms with Crippen LogP contribution < -0.4 is 14.8 Å². The minimum atomic E-state index is -4.53. The van der Waals surface area contributed by atoms with Gasteiger partial charge in [0.15, 0.2) is 0 Å². The molecule has 4 rings (SSSR count). The predicted molar refractivity (Wildman–Crippen MR) is 135 cm³/mol. The number of rotatable bonds is 9. The van der Waals surface area contributed by atoms with Crippen LogP contribution in [0.1, 0.15) is 27.0 Å². The summed E-state index contributed by atoms with van der Waals surface area (Å²) in [4.78, 5) is 25.2. The van der Waals surface area contributed by atoms with Crippen molar-refractivity contribution < 1.29 is 41.7 Å².